The van der Waals surface area contributed by atoms with Gasteiger partial charge in [0.25, 0.3) is 0 Å². The first-order chi connectivity index (χ1) is 9.06. The number of carboxylic acid groups (broad SMARTS) is 1. The van der Waals surface area contributed by atoms with E-state index in [0.717, 1.165) is 37.3 Å². The molecule has 3 atom stereocenters. The molecule has 1 aliphatic heterocycles. The lowest BCUT2D eigenvalue weighted by Crippen LogP contribution is -2.40. The third kappa shape index (κ3) is 2.07. The van der Waals surface area contributed by atoms with Crippen LogP contribution in [0, 0.1) is 25.7 Å². The van der Waals surface area contributed by atoms with Crippen molar-refractivity contribution >= 4 is 11.8 Å². The second-order valence-electron chi connectivity index (χ2n) is 5.71. The average molecular weight is 261 g/mol. The van der Waals surface area contributed by atoms with E-state index in [4.69, 9.17) is 0 Å². The van der Waals surface area contributed by atoms with Crippen molar-refractivity contribution in [2.75, 3.05) is 11.4 Å². The van der Waals surface area contributed by atoms with Gasteiger partial charge in [0.2, 0.25) is 0 Å². The molecule has 0 aromatic carbocycles. The number of hydrogen-bond acceptors (Lipinski definition) is 4. The van der Waals surface area contributed by atoms with Gasteiger partial charge in [-0.2, -0.15) is 0 Å². The van der Waals surface area contributed by atoms with Crippen molar-refractivity contribution in [3.63, 3.8) is 0 Å². The molecule has 5 nitrogen and oxygen atoms in total. The number of aryl methyl sites for hydroxylation is 2. The molecule has 2 aliphatic rings. The van der Waals surface area contributed by atoms with E-state index in [-0.39, 0.29) is 5.92 Å². The number of nitrogens with zero attached hydrogens (tertiary/aromatic N) is 3. The first-order valence-electron chi connectivity index (χ1n) is 6.88. The molecule has 2 heterocycles. The summed E-state index contributed by atoms with van der Waals surface area (Å²) in [5.41, 5.74) is 0.892. The van der Waals surface area contributed by atoms with Crippen LogP contribution >= 0.6 is 0 Å². The van der Waals surface area contributed by atoms with E-state index in [2.05, 4.69) is 9.97 Å². The van der Waals surface area contributed by atoms with Crippen LogP contribution in [-0.2, 0) is 4.79 Å². The SMILES string of the molecule is Cc1cc(N2CC3CCCC3C2C(=O)O)nc(C)n1. The van der Waals surface area contributed by atoms with Gasteiger partial charge in [-0.15, -0.1) is 0 Å². The Morgan fingerprint density at radius 2 is 2.16 bits per heavy atom. The number of rotatable bonds is 2. The van der Waals surface area contributed by atoms with Crippen molar-refractivity contribution < 1.29 is 9.90 Å². The Kier molecular flexibility index (Phi) is 2.92. The number of carboxylic acids is 1. The quantitative estimate of drug-likeness (QED) is 0.879. The molecular formula is C14H19N3O2. The van der Waals surface area contributed by atoms with Gasteiger partial charge in [0, 0.05) is 18.3 Å². The van der Waals surface area contributed by atoms with Crippen LogP contribution in [-0.4, -0.2) is 33.6 Å². The predicted octanol–water partition coefficient (Wildman–Crippen LogP) is 1.78. The molecule has 1 aliphatic carbocycles. The first kappa shape index (κ1) is 12.4. The van der Waals surface area contributed by atoms with Crippen molar-refractivity contribution in [2.45, 2.75) is 39.2 Å². The van der Waals surface area contributed by atoms with E-state index >= 15 is 0 Å². The number of anilines is 1. The first-order valence-corrected chi connectivity index (χ1v) is 6.88. The van der Waals surface area contributed by atoms with Crippen LogP contribution in [0.4, 0.5) is 5.82 Å². The van der Waals surface area contributed by atoms with Gasteiger partial charge in [0.05, 0.1) is 0 Å². The Balaban J connectivity index is 1.97. The standard InChI is InChI=1S/C14H19N3O2/c1-8-6-12(16-9(2)15-8)17-7-10-4-3-5-11(10)13(17)14(18)19/h6,10-11,13H,3-5,7H2,1-2H3,(H,18,19). The molecular weight excluding hydrogens is 242 g/mol. The van der Waals surface area contributed by atoms with Gasteiger partial charge in [0.15, 0.2) is 0 Å². The molecule has 0 amide bonds. The molecule has 5 heteroatoms. The Labute approximate surface area is 112 Å². The van der Waals surface area contributed by atoms with Gasteiger partial charge >= 0.3 is 5.97 Å². The van der Waals surface area contributed by atoms with E-state index in [0.29, 0.717) is 11.7 Å². The van der Waals surface area contributed by atoms with E-state index < -0.39 is 12.0 Å². The van der Waals surface area contributed by atoms with Crippen LogP contribution in [0.5, 0.6) is 0 Å². The molecule has 1 saturated carbocycles. The Morgan fingerprint density at radius 3 is 2.84 bits per heavy atom. The third-order valence-electron chi connectivity index (χ3n) is 4.39. The number of aromatic nitrogens is 2. The summed E-state index contributed by atoms with van der Waals surface area (Å²) < 4.78 is 0. The zero-order valence-electron chi connectivity index (χ0n) is 11.3. The fourth-order valence-electron chi connectivity index (χ4n) is 3.70. The van der Waals surface area contributed by atoms with Gasteiger partial charge < -0.3 is 10.0 Å². The minimum atomic E-state index is -0.719. The fraction of sp³-hybridized carbons (Fsp3) is 0.643. The second kappa shape index (κ2) is 4.47. The summed E-state index contributed by atoms with van der Waals surface area (Å²) in [5, 5.41) is 9.55. The van der Waals surface area contributed by atoms with E-state index in [1.165, 1.54) is 0 Å². The fourth-order valence-corrected chi connectivity index (χ4v) is 3.70. The molecule has 1 aromatic rings. The topological polar surface area (TPSA) is 66.3 Å². The minimum Gasteiger partial charge on any atom is -0.480 e. The lowest BCUT2D eigenvalue weighted by molar-refractivity contribution is -0.139. The van der Waals surface area contributed by atoms with E-state index in [1.807, 2.05) is 24.8 Å². The molecule has 1 aromatic heterocycles. The summed E-state index contributed by atoms with van der Waals surface area (Å²) in [6.07, 6.45) is 3.34. The summed E-state index contributed by atoms with van der Waals surface area (Å²) >= 11 is 0. The van der Waals surface area contributed by atoms with Crippen LogP contribution in [0.2, 0.25) is 0 Å². The summed E-state index contributed by atoms with van der Waals surface area (Å²) in [6, 6.07) is 1.48. The number of aliphatic carboxylic acids is 1. The van der Waals surface area contributed by atoms with Crippen molar-refractivity contribution in [3.05, 3.63) is 17.6 Å². The van der Waals surface area contributed by atoms with Crippen LogP contribution < -0.4 is 4.90 Å². The molecule has 1 N–H and O–H groups in total. The van der Waals surface area contributed by atoms with Crippen LogP contribution in [0.3, 0.4) is 0 Å². The van der Waals surface area contributed by atoms with Crippen molar-refractivity contribution in [2.24, 2.45) is 11.8 Å². The molecule has 3 unspecified atom stereocenters. The maximum atomic E-state index is 11.6. The minimum absolute atomic E-state index is 0.285. The molecule has 0 radical (unpaired) electrons. The van der Waals surface area contributed by atoms with Gasteiger partial charge in [-0.05, 0) is 38.5 Å². The summed E-state index contributed by atoms with van der Waals surface area (Å²) in [6.45, 7) is 4.59. The Morgan fingerprint density at radius 1 is 1.37 bits per heavy atom. The Bertz CT molecular complexity index is 497. The van der Waals surface area contributed by atoms with E-state index in [1.54, 1.807) is 0 Å². The van der Waals surface area contributed by atoms with Crippen LogP contribution in [0.15, 0.2) is 6.07 Å². The zero-order chi connectivity index (χ0) is 13.6. The number of carbonyl (C=O) groups is 1. The zero-order valence-corrected chi connectivity index (χ0v) is 11.3. The van der Waals surface area contributed by atoms with Gasteiger partial charge in [-0.25, -0.2) is 14.8 Å². The molecule has 3 rings (SSSR count). The molecule has 2 fully saturated rings. The summed E-state index contributed by atoms with van der Waals surface area (Å²) in [4.78, 5) is 22.3. The van der Waals surface area contributed by atoms with E-state index in [9.17, 15) is 9.90 Å². The highest BCUT2D eigenvalue weighted by Crippen LogP contribution is 2.43. The van der Waals surface area contributed by atoms with Gasteiger partial charge in [-0.1, -0.05) is 6.42 Å². The second-order valence-corrected chi connectivity index (χ2v) is 5.71. The number of fused-ring (bicyclic) bond motifs is 1. The highest BCUT2D eigenvalue weighted by Gasteiger charge is 2.48. The maximum Gasteiger partial charge on any atom is 0.326 e. The molecule has 19 heavy (non-hydrogen) atoms. The smallest absolute Gasteiger partial charge is 0.326 e. The van der Waals surface area contributed by atoms with Crippen molar-refractivity contribution in [1.82, 2.24) is 9.97 Å². The van der Waals surface area contributed by atoms with Gasteiger partial charge in [0.1, 0.15) is 17.7 Å². The molecule has 102 valence electrons. The maximum absolute atomic E-state index is 11.6. The monoisotopic (exact) mass is 261 g/mol. The third-order valence-corrected chi connectivity index (χ3v) is 4.39. The summed E-state index contributed by atoms with van der Waals surface area (Å²) in [5.74, 6) is 1.55. The highest BCUT2D eigenvalue weighted by molar-refractivity contribution is 5.79. The Hall–Kier alpha value is -1.65. The lowest BCUT2D eigenvalue weighted by atomic mass is 9.94. The lowest BCUT2D eigenvalue weighted by Gasteiger charge is -2.25. The van der Waals surface area contributed by atoms with Gasteiger partial charge in [-0.3, -0.25) is 0 Å². The van der Waals surface area contributed by atoms with Crippen LogP contribution in [0.1, 0.15) is 30.8 Å². The highest BCUT2D eigenvalue weighted by atomic mass is 16.4. The normalized spacial score (nSPS) is 29.6. The molecule has 0 spiro atoms. The molecule has 1 saturated heterocycles. The number of hydrogen-bond donors (Lipinski definition) is 1. The van der Waals surface area contributed by atoms with Crippen molar-refractivity contribution in [3.8, 4) is 0 Å². The summed E-state index contributed by atoms with van der Waals surface area (Å²) in [7, 11) is 0. The van der Waals surface area contributed by atoms with Crippen LogP contribution in [0.25, 0.3) is 0 Å². The predicted molar refractivity (Wildman–Crippen MR) is 71.1 cm³/mol. The van der Waals surface area contributed by atoms with Crippen molar-refractivity contribution in [1.29, 1.82) is 0 Å². The average Bonchev–Trinajstić information content (AvgIpc) is 2.85. The molecule has 0 bridgehead atoms. The largest absolute Gasteiger partial charge is 0.480 e.